The summed E-state index contributed by atoms with van der Waals surface area (Å²) >= 11 is 2.25. The standard InChI is InChI=1S/C13H20IN3O2S/c1-8(20(3,18)19)12-16-11(9-6-4-5-7-9)10(14)13(15-2)17-12/h8-9H,4-7H2,1-3H3,(H,15,16,17). The normalized spacial score (nSPS) is 18.2. The van der Waals surface area contributed by atoms with Crippen LogP contribution in [0.5, 0.6) is 0 Å². The van der Waals surface area contributed by atoms with E-state index in [2.05, 4.69) is 37.9 Å². The van der Waals surface area contributed by atoms with Gasteiger partial charge in [0.15, 0.2) is 9.84 Å². The molecule has 1 atom stereocenters. The minimum atomic E-state index is -3.19. The van der Waals surface area contributed by atoms with Crippen LogP contribution < -0.4 is 5.32 Å². The molecule has 1 heterocycles. The minimum absolute atomic E-state index is 0.402. The van der Waals surface area contributed by atoms with Crippen LogP contribution in [-0.4, -0.2) is 31.7 Å². The van der Waals surface area contributed by atoms with Crippen molar-refractivity contribution in [3.8, 4) is 0 Å². The third-order valence-electron chi connectivity index (χ3n) is 3.88. The van der Waals surface area contributed by atoms with Gasteiger partial charge in [0.2, 0.25) is 0 Å². The lowest BCUT2D eigenvalue weighted by Crippen LogP contribution is -2.16. The average Bonchev–Trinajstić information content (AvgIpc) is 2.91. The number of halogens is 1. The highest BCUT2D eigenvalue weighted by molar-refractivity contribution is 14.1. The molecule has 7 heteroatoms. The Morgan fingerprint density at radius 3 is 2.40 bits per heavy atom. The summed E-state index contributed by atoms with van der Waals surface area (Å²) in [4.78, 5) is 8.97. The molecule has 1 unspecified atom stereocenters. The number of nitrogens with one attached hydrogen (secondary N) is 1. The smallest absolute Gasteiger partial charge is 0.157 e. The highest BCUT2D eigenvalue weighted by Crippen LogP contribution is 2.37. The predicted molar refractivity (Wildman–Crippen MR) is 88.8 cm³/mol. The van der Waals surface area contributed by atoms with E-state index in [0.717, 1.165) is 27.9 Å². The lowest BCUT2D eigenvalue weighted by Gasteiger charge is -2.17. The minimum Gasteiger partial charge on any atom is -0.372 e. The second-order valence-corrected chi connectivity index (χ2v) is 8.78. The zero-order chi connectivity index (χ0) is 14.9. The van der Waals surface area contributed by atoms with Gasteiger partial charge in [-0.1, -0.05) is 12.8 Å². The Balaban J connectivity index is 2.51. The van der Waals surface area contributed by atoms with Gasteiger partial charge >= 0.3 is 0 Å². The molecule has 0 radical (unpaired) electrons. The van der Waals surface area contributed by atoms with E-state index in [1.165, 1.54) is 19.1 Å². The average molecular weight is 409 g/mol. The topological polar surface area (TPSA) is 72.0 Å². The number of rotatable bonds is 4. The van der Waals surface area contributed by atoms with Gasteiger partial charge in [-0.25, -0.2) is 18.4 Å². The number of nitrogens with zero attached hydrogens (tertiary/aromatic N) is 2. The summed E-state index contributed by atoms with van der Waals surface area (Å²) in [6, 6.07) is 0. The number of sulfone groups is 1. The van der Waals surface area contributed by atoms with Gasteiger partial charge in [0.05, 0.1) is 9.26 Å². The summed E-state index contributed by atoms with van der Waals surface area (Å²) in [5.41, 5.74) is 1.01. The maximum absolute atomic E-state index is 11.7. The second kappa shape index (κ2) is 6.13. The molecule has 0 amide bonds. The van der Waals surface area contributed by atoms with Crippen LogP contribution >= 0.6 is 22.6 Å². The first-order valence-electron chi connectivity index (χ1n) is 6.78. The Labute approximate surface area is 134 Å². The molecule has 0 aliphatic heterocycles. The maximum atomic E-state index is 11.7. The van der Waals surface area contributed by atoms with E-state index in [0.29, 0.717) is 11.7 Å². The van der Waals surface area contributed by atoms with Crippen molar-refractivity contribution >= 4 is 38.2 Å². The highest BCUT2D eigenvalue weighted by Gasteiger charge is 2.27. The van der Waals surface area contributed by atoms with Crippen molar-refractivity contribution in [2.24, 2.45) is 0 Å². The quantitative estimate of drug-likeness (QED) is 0.775. The van der Waals surface area contributed by atoms with E-state index >= 15 is 0 Å². The van der Waals surface area contributed by atoms with Crippen LogP contribution in [0.3, 0.4) is 0 Å². The number of aromatic nitrogens is 2. The van der Waals surface area contributed by atoms with Gasteiger partial charge in [0.1, 0.15) is 16.9 Å². The van der Waals surface area contributed by atoms with E-state index in [1.807, 2.05) is 0 Å². The molecule has 0 saturated heterocycles. The zero-order valence-corrected chi connectivity index (χ0v) is 15.0. The van der Waals surface area contributed by atoms with Gasteiger partial charge in [-0.05, 0) is 42.4 Å². The third-order valence-corrected chi connectivity index (χ3v) is 6.44. The van der Waals surface area contributed by atoms with E-state index in [9.17, 15) is 8.42 Å². The Bertz CT molecular complexity index is 598. The Kier molecular flexibility index (Phi) is 4.88. The molecule has 112 valence electrons. The van der Waals surface area contributed by atoms with Crippen LogP contribution in [0, 0.1) is 3.57 Å². The van der Waals surface area contributed by atoms with Crippen molar-refractivity contribution in [3.05, 3.63) is 15.1 Å². The molecule has 1 N–H and O–H groups in total. The van der Waals surface area contributed by atoms with Crippen molar-refractivity contribution in [3.63, 3.8) is 0 Å². The maximum Gasteiger partial charge on any atom is 0.157 e. The molecule has 0 bridgehead atoms. The van der Waals surface area contributed by atoms with Gasteiger partial charge in [-0.3, -0.25) is 0 Å². The van der Waals surface area contributed by atoms with Crippen molar-refractivity contribution < 1.29 is 8.42 Å². The first-order chi connectivity index (χ1) is 9.34. The SMILES string of the molecule is CNc1nc(C(C)S(C)(=O)=O)nc(C2CCCC2)c1I. The summed E-state index contributed by atoms with van der Waals surface area (Å²) in [5, 5.41) is 2.38. The second-order valence-electron chi connectivity index (χ2n) is 5.33. The van der Waals surface area contributed by atoms with E-state index in [4.69, 9.17) is 0 Å². The predicted octanol–water partition coefficient (Wildman–Crippen LogP) is 2.89. The molecule has 1 fully saturated rings. The molecule has 1 aliphatic carbocycles. The molecule has 0 spiro atoms. The van der Waals surface area contributed by atoms with Crippen molar-refractivity contribution in [2.75, 3.05) is 18.6 Å². The van der Waals surface area contributed by atoms with Crippen LogP contribution in [0.25, 0.3) is 0 Å². The zero-order valence-electron chi connectivity index (χ0n) is 12.0. The van der Waals surface area contributed by atoms with E-state index < -0.39 is 15.1 Å². The monoisotopic (exact) mass is 409 g/mol. The summed E-state index contributed by atoms with van der Waals surface area (Å²) in [7, 11) is -1.39. The molecular formula is C13H20IN3O2S. The highest BCUT2D eigenvalue weighted by atomic mass is 127. The number of hydrogen-bond donors (Lipinski definition) is 1. The van der Waals surface area contributed by atoms with Gasteiger partial charge < -0.3 is 5.32 Å². The van der Waals surface area contributed by atoms with Crippen LogP contribution in [-0.2, 0) is 9.84 Å². The fourth-order valence-corrected chi connectivity index (χ4v) is 3.93. The van der Waals surface area contributed by atoms with Gasteiger partial charge in [0, 0.05) is 19.2 Å². The molecule has 1 saturated carbocycles. The molecule has 0 aromatic carbocycles. The largest absolute Gasteiger partial charge is 0.372 e. The van der Waals surface area contributed by atoms with Gasteiger partial charge in [-0.2, -0.15) is 0 Å². The van der Waals surface area contributed by atoms with Crippen LogP contribution in [0.4, 0.5) is 5.82 Å². The van der Waals surface area contributed by atoms with E-state index in [1.54, 1.807) is 14.0 Å². The first kappa shape index (κ1) is 15.9. The molecular weight excluding hydrogens is 389 g/mol. The summed E-state index contributed by atoms with van der Waals surface area (Å²) in [6.07, 6.45) is 5.92. The first-order valence-corrected chi connectivity index (χ1v) is 9.82. The Hall–Kier alpha value is -0.440. The lowest BCUT2D eigenvalue weighted by atomic mass is 10.0. The fraction of sp³-hybridized carbons (Fsp3) is 0.692. The number of anilines is 1. The summed E-state index contributed by atoms with van der Waals surface area (Å²) in [5.74, 6) is 1.56. The number of hydrogen-bond acceptors (Lipinski definition) is 5. The van der Waals surface area contributed by atoms with Crippen molar-refractivity contribution in [1.82, 2.24) is 9.97 Å². The molecule has 1 aromatic rings. The molecule has 20 heavy (non-hydrogen) atoms. The molecule has 2 rings (SSSR count). The van der Waals surface area contributed by atoms with Crippen LogP contribution in [0.2, 0.25) is 0 Å². The Morgan fingerprint density at radius 2 is 1.90 bits per heavy atom. The Morgan fingerprint density at radius 1 is 1.30 bits per heavy atom. The lowest BCUT2D eigenvalue weighted by molar-refractivity contribution is 0.587. The van der Waals surface area contributed by atoms with Crippen LogP contribution in [0.1, 0.15) is 55.3 Å². The van der Waals surface area contributed by atoms with Crippen LogP contribution in [0.15, 0.2) is 0 Å². The molecule has 5 nitrogen and oxygen atoms in total. The summed E-state index contributed by atoms with van der Waals surface area (Å²) < 4.78 is 24.5. The van der Waals surface area contributed by atoms with Gasteiger partial charge in [-0.15, -0.1) is 0 Å². The van der Waals surface area contributed by atoms with Crippen molar-refractivity contribution in [1.29, 1.82) is 0 Å². The molecule has 1 aliphatic rings. The van der Waals surface area contributed by atoms with Gasteiger partial charge in [0.25, 0.3) is 0 Å². The fourth-order valence-electron chi connectivity index (χ4n) is 2.49. The molecule has 1 aromatic heterocycles. The third kappa shape index (κ3) is 3.24. The summed E-state index contributed by atoms with van der Waals surface area (Å²) in [6.45, 7) is 1.65. The van der Waals surface area contributed by atoms with E-state index in [-0.39, 0.29) is 0 Å². The van der Waals surface area contributed by atoms with Crippen molar-refractivity contribution in [2.45, 2.75) is 43.8 Å².